The SMILES string of the molecule is CC(C)OCc1cccc(NC(=O)NCC(=O)Nc2cccnc2)c1. The molecule has 1 heterocycles. The molecule has 7 nitrogen and oxygen atoms in total. The van der Waals surface area contributed by atoms with Gasteiger partial charge in [0.25, 0.3) is 0 Å². The number of nitrogens with one attached hydrogen (secondary N) is 3. The predicted molar refractivity (Wildman–Crippen MR) is 96.3 cm³/mol. The Morgan fingerprint density at radius 3 is 2.64 bits per heavy atom. The minimum Gasteiger partial charge on any atom is -0.374 e. The van der Waals surface area contributed by atoms with Gasteiger partial charge in [-0.1, -0.05) is 12.1 Å². The monoisotopic (exact) mass is 342 g/mol. The molecule has 0 bridgehead atoms. The molecule has 0 aliphatic heterocycles. The minimum atomic E-state index is -0.455. The summed E-state index contributed by atoms with van der Waals surface area (Å²) in [5.74, 6) is -0.331. The Hall–Kier alpha value is -2.93. The van der Waals surface area contributed by atoms with E-state index < -0.39 is 6.03 Å². The summed E-state index contributed by atoms with van der Waals surface area (Å²) in [7, 11) is 0. The number of hydrogen-bond acceptors (Lipinski definition) is 4. The highest BCUT2D eigenvalue weighted by Crippen LogP contribution is 2.12. The van der Waals surface area contributed by atoms with E-state index in [-0.39, 0.29) is 18.6 Å². The number of urea groups is 1. The van der Waals surface area contributed by atoms with Gasteiger partial charge in [-0.05, 0) is 43.7 Å². The smallest absolute Gasteiger partial charge is 0.319 e. The summed E-state index contributed by atoms with van der Waals surface area (Å²) in [6.45, 7) is 4.26. The second-order valence-electron chi connectivity index (χ2n) is 5.66. The first-order valence-electron chi connectivity index (χ1n) is 7.98. The number of anilines is 2. The van der Waals surface area contributed by atoms with E-state index in [2.05, 4.69) is 20.9 Å². The third-order valence-corrected chi connectivity index (χ3v) is 3.12. The number of ether oxygens (including phenoxy) is 1. The zero-order valence-corrected chi connectivity index (χ0v) is 14.3. The van der Waals surface area contributed by atoms with Crippen LogP contribution in [0.1, 0.15) is 19.4 Å². The Balaban J connectivity index is 1.78. The molecule has 7 heteroatoms. The lowest BCUT2D eigenvalue weighted by Gasteiger charge is -2.11. The molecule has 0 atom stereocenters. The number of carbonyl (C=O) groups is 2. The second kappa shape index (κ2) is 9.39. The number of amides is 3. The van der Waals surface area contributed by atoms with Crippen LogP contribution >= 0.6 is 0 Å². The maximum atomic E-state index is 11.9. The lowest BCUT2D eigenvalue weighted by Crippen LogP contribution is -2.35. The normalized spacial score (nSPS) is 10.4. The average molecular weight is 342 g/mol. The van der Waals surface area contributed by atoms with Crippen LogP contribution in [0.4, 0.5) is 16.2 Å². The number of rotatable bonds is 7. The van der Waals surface area contributed by atoms with Gasteiger partial charge in [0.15, 0.2) is 0 Å². The molecule has 0 saturated heterocycles. The van der Waals surface area contributed by atoms with Crippen molar-refractivity contribution in [2.75, 3.05) is 17.2 Å². The van der Waals surface area contributed by atoms with Crippen LogP contribution in [0.25, 0.3) is 0 Å². The predicted octanol–water partition coefficient (Wildman–Crippen LogP) is 2.77. The molecule has 25 heavy (non-hydrogen) atoms. The highest BCUT2D eigenvalue weighted by molar-refractivity contribution is 5.96. The Morgan fingerprint density at radius 1 is 1.12 bits per heavy atom. The zero-order chi connectivity index (χ0) is 18.1. The van der Waals surface area contributed by atoms with Gasteiger partial charge in [-0.2, -0.15) is 0 Å². The van der Waals surface area contributed by atoms with Gasteiger partial charge >= 0.3 is 6.03 Å². The van der Waals surface area contributed by atoms with Gasteiger partial charge in [-0.15, -0.1) is 0 Å². The number of pyridine rings is 1. The molecule has 3 N–H and O–H groups in total. The molecule has 0 radical (unpaired) electrons. The Morgan fingerprint density at radius 2 is 1.92 bits per heavy atom. The fourth-order valence-corrected chi connectivity index (χ4v) is 1.98. The van der Waals surface area contributed by atoms with E-state index in [4.69, 9.17) is 4.74 Å². The van der Waals surface area contributed by atoms with Crippen molar-refractivity contribution in [3.8, 4) is 0 Å². The molecule has 0 saturated carbocycles. The molecule has 2 aromatic rings. The Kier molecular flexibility index (Phi) is 6.91. The number of aromatic nitrogens is 1. The molecule has 0 unspecified atom stereocenters. The summed E-state index contributed by atoms with van der Waals surface area (Å²) >= 11 is 0. The fourth-order valence-electron chi connectivity index (χ4n) is 1.98. The van der Waals surface area contributed by atoms with Crippen LogP contribution in [0, 0.1) is 0 Å². The first-order valence-corrected chi connectivity index (χ1v) is 7.98. The lowest BCUT2D eigenvalue weighted by atomic mass is 10.2. The third kappa shape index (κ3) is 7.01. The molecule has 3 amide bonds. The molecule has 2 rings (SSSR count). The number of benzene rings is 1. The summed E-state index contributed by atoms with van der Waals surface area (Å²) in [4.78, 5) is 27.6. The highest BCUT2D eigenvalue weighted by atomic mass is 16.5. The van der Waals surface area contributed by atoms with Gasteiger partial charge in [0.1, 0.15) is 0 Å². The van der Waals surface area contributed by atoms with Crippen LogP contribution in [0.2, 0.25) is 0 Å². The van der Waals surface area contributed by atoms with Gasteiger partial charge < -0.3 is 20.7 Å². The van der Waals surface area contributed by atoms with Crippen molar-refractivity contribution in [2.24, 2.45) is 0 Å². The molecule has 0 spiro atoms. The molecular formula is C18H22N4O3. The molecule has 1 aromatic carbocycles. The van der Waals surface area contributed by atoms with Gasteiger partial charge in [-0.25, -0.2) is 4.79 Å². The minimum absolute atomic E-state index is 0.137. The summed E-state index contributed by atoms with van der Waals surface area (Å²) in [5.41, 5.74) is 2.17. The largest absolute Gasteiger partial charge is 0.374 e. The third-order valence-electron chi connectivity index (χ3n) is 3.12. The van der Waals surface area contributed by atoms with E-state index in [0.717, 1.165) is 5.56 Å². The van der Waals surface area contributed by atoms with E-state index >= 15 is 0 Å². The van der Waals surface area contributed by atoms with E-state index in [1.165, 1.54) is 6.20 Å². The van der Waals surface area contributed by atoms with E-state index in [0.29, 0.717) is 18.0 Å². The van der Waals surface area contributed by atoms with Crippen molar-refractivity contribution in [3.05, 3.63) is 54.4 Å². The number of hydrogen-bond donors (Lipinski definition) is 3. The van der Waals surface area contributed by atoms with E-state index in [1.54, 1.807) is 24.4 Å². The van der Waals surface area contributed by atoms with Crippen LogP contribution in [0.3, 0.4) is 0 Å². The van der Waals surface area contributed by atoms with Crippen LogP contribution in [-0.4, -0.2) is 29.6 Å². The average Bonchev–Trinajstić information content (AvgIpc) is 2.59. The summed E-state index contributed by atoms with van der Waals surface area (Å²) in [6.07, 6.45) is 3.28. The van der Waals surface area contributed by atoms with Crippen molar-refractivity contribution >= 4 is 23.3 Å². The zero-order valence-electron chi connectivity index (χ0n) is 14.3. The van der Waals surface area contributed by atoms with Crippen LogP contribution in [-0.2, 0) is 16.1 Å². The number of carbonyl (C=O) groups excluding carboxylic acids is 2. The maximum Gasteiger partial charge on any atom is 0.319 e. The first kappa shape index (κ1) is 18.4. The van der Waals surface area contributed by atoms with Crippen LogP contribution in [0.15, 0.2) is 48.8 Å². The summed E-state index contributed by atoms with van der Waals surface area (Å²) in [5, 5.41) is 7.84. The molecular weight excluding hydrogens is 320 g/mol. The molecule has 0 fully saturated rings. The van der Waals surface area contributed by atoms with Crippen molar-refractivity contribution in [2.45, 2.75) is 26.6 Å². The molecule has 132 valence electrons. The van der Waals surface area contributed by atoms with Gasteiger partial charge in [0.2, 0.25) is 5.91 Å². The number of nitrogens with zero attached hydrogens (tertiary/aromatic N) is 1. The molecule has 0 aliphatic rings. The maximum absolute atomic E-state index is 11.9. The second-order valence-corrected chi connectivity index (χ2v) is 5.66. The van der Waals surface area contributed by atoms with Crippen molar-refractivity contribution in [3.63, 3.8) is 0 Å². The van der Waals surface area contributed by atoms with Crippen molar-refractivity contribution in [1.82, 2.24) is 10.3 Å². The quantitative estimate of drug-likeness (QED) is 0.721. The molecule has 1 aromatic heterocycles. The molecule has 0 aliphatic carbocycles. The van der Waals surface area contributed by atoms with Crippen LogP contribution in [0.5, 0.6) is 0 Å². The van der Waals surface area contributed by atoms with Gasteiger partial charge in [0.05, 0.1) is 31.1 Å². The topological polar surface area (TPSA) is 92.4 Å². The van der Waals surface area contributed by atoms with Crippen molar-refractivity contribution < 1.29 is 14.3 Å². The van der Waals surface area contributed by atoms with Gasteiger partial charge in [0, 0.05) is 11.9 Å². The fraction of sp³-hybridized carbons (Fsp3) is 0.278. The van der Waals surface area contributed by atoms with E-state index in [1.807, 2.05) is 32.0 Å². The summed E-state index contributed by atoms with van der Waals surface area (Å²) < 4.78 is 5.54. The Bertz CT molecular complexity index is 704. The first-order chi connectivity index (χ1) is 12.0. The van der Waals surface area contributed by atoms with Crippen molar-refractivity contribution in [1.29, 1.82) is 0 Å². The standard InChI is InChI=1S/C18H22N4O3/c1-13(2)25-12-14-5-3-6-15(9-14)22-18(24)20-11-17(23)21-16-7-4-8-19-10-16/h3-10,13H,11-12H2,1-2H3,(H,21,23)(H2,20,22,24). The highest BCUT2D eigenvalue weighted by Gasteiger charge is 2.07. The summed E-state index contributed by atoms with van der Waals surface area (Å²) in [6, 6.07) is 10.3. The van der Waals surface area contributed by atoms with E-state index in [9.17, 15) is 9.59 Å². The van der Waals surface area contributed by atoms with Gasteiger partial charge in [-0.3, -0.25) is 9.78 Å². The Labute approximate surface area is 146 Å². The lowest BCUT2D eigenvalue weighted by molar-refractivity contribution is -0.115. The van der Waals surface area contributed by atoms with Crippen LogP contribution < -0.4 is 16.0 Å².